The first-order valence-corrected chi connectivity index (χ1v) is 4.87. The molecule has 80 valence electrons. The van der Waals surface area contributed by atoms with Gasteiger partial charge in [-0.1, -0.05) is 6.07 Å². The van der Waals surface area contributed by atoms with E-state index in [0.29, 0.717) is 18.9 Å². The Morgan fingerprint density at radius 3 is 3.20 bits per heavy atom. The minimum absolute atomic E-state index is 0.00390. The predicted molar refractivity (Wildman–Crippen MR) is 55.4 cm³/mol. The molecule has 0 atom stereocenters. The van der Waals surface area contributed by atoms with E-state index in [2.05, 4.69) is 10.3 Å². The van der Waals surface area contributed by atoms with Gasteiger partial charge in [0.1, 0.15) is 5.82 Å². The molecule has 1 fully saturated rings. The standard InChI is InChI=1S/C10H13N3O2/c14-7-8-2-1-3-12-10(8)13-5-4-11-9(15)6-13/h1-3,14H,4-7H2,(H,11,15). The van der Waals surface area contributed by atoms with Gasteiger partial charge in [-0.15, -0.1) is 0 Å². The number of aliphatic hydroxyl groups is 1. The van der Waals surface area contributed by atoms with Crippen molar-refractivity contribution in [3.05, 3.63) is 23.9 Å². The number of aromatic nitrogens is 1. The van der Waals surface area contributed by atoms with Gasteiger partial charge in [0.25, 0.3) is 0 Å². The quantitative estimate of drug-likeness (QED) is 0.687. The second-order valence-electron chi connectivity index (χ2n) is 3.42. The average molecular weight is 207 g/mol. The first-order chi connectivity index (χ1) is 7.31. The molecule has 0 bridgehead atoms. The second-order valence-corrected chi connectivity index (χ2v) is 3.42. The molecule has 2 heterocycles. The maximum Gasteiger partial charge on any atom is 0.239 e. The lowest BCUT2D eigenvalue weighted by molar-refractivity contribution is -0.120. The smallest absolute Gasteiger partial charge is 0.239 e. The molecule has 5 heteroatoms. The summed E-state index contributed by atoms with van der Waals surface area (Å²) in [7, 11) is 0. The van der Waals surface area contributed by atoms with Gasteiger partial charge < -0.3 is 15.3 Å². The largest absolute Gasteiger partial charge is 0.392 e. The summed E-state index contributed by atoms with van der Waals surface area (Å²) >= 11 is 0. The van der Waals surface area contributed by atoms with E-state index in [4.69, 9.17) is 5.11 Å². The van der Waals surface area contributed by atoms with Gasteiger partial charge in [0.2, 0.25) is 5.91 Å². The summed E-state index contributed by atoms with van der Waals surface area (Å²) in [5, 5.41) is 11.9. The highest BCUT2D eigenvalue weighted by atomic mass is 16.3. The molecule has 1 aromatic rings. The molecule has 0 radical (unpaired) electrons. The molecular formula is C10H13N3O2. The number of rotatable bonds is 2. The molecule has 15 heavy (non-hydrogen) atoms. The number of hydrogen-bond acceptors (Lipinski definition) is 4. The Kier molecular flexibility index (Phi) is 2.82. The first kappa shape index (κ1) is 9.92. The van der Waals surface area contributed by atoms with Gasteiger partial charge in [-0.3, -0.25) is 4.79 Å². The third-order valence-electron chi connectivity index (χ3n) is 2.38. The summed E-state index contributed by atoms with van der Waals surface area (Å²) in [6.45, 7) is 1.61. The number of nitrogens with zero attached hydrogens (tertiary/aromatic N) is 2. The highest BCUT2D eigenvalue weighted by molar-refractivity contribution is 5.82. The number of aliphatic hydroxyl groups excluding tert-OH is 1. The molecule has 1 aromatic heterocycles. The predicted octanol–water partition coefficient (Wildman–Crippen LogP) is -0.490. The Labute approximate surface area is 87.7 Å². The van der Waals surface area contributed by atoms with Crippen LogP contribution in [0.4, 0.5) is 5.82 Å². The number of pyridine rings is 1. The van der Waals surface area contributed by atoms with Crippen molar-refractivity contribution in [1.82, 2.24) is 10.3 Å². The van der Waals surface area contributed by atoms with Crippen molar-refractivity contribution in [1.29, 1.82) is 0 Å². The van der Waals surface area contributed by atoms with Gasteiger partial charge in [0.15, 0.2) is 0 Å². The van der Waals surface area contributed by atoms with Crippen LogP contribution >= 0.6 is 0 Å². The molecule has 5 nitrogen and oxygen atoms in total. The van der Waals surface area contributed by atoms with Crippen LogP contribution in [0.3, 0.4) is 0 Å². The summed E-state index contributed by atoms with van der Waals surface area (Å²) in [6.07, 6.45) is 1.67. The Balaban J connectivity index is 2.24. The summed E-state index contributed by atoms with van der Waals surface area (Å²) in [4.78, 5) is 17.3. The van der Waals surface area contributed by atoms with Crippen molar-refractivity contribution in [2.75, 3.05) is 24.5 Å². The van der Waals surface area contributed by atoms with Crippen molar-refractivity contribution >= 4 is 11.7 Å². The maximum absolute atomic E-state index is 11.2. The zero-order chi connectivity index (χ0) is 10.7. The van der Waals surface area contributed by atoms with E-state index in [1.165, 1.54) is 0 Å². The fourth-order valence-electron chi connectivity index (χ4n) is 1.66. The van der Waals surface area contributed by atoms with Crippen LogP contribution in [0.15, 0.2) is 18.3 Å². The molecule has 0 saturated carbocycles. The van der Waals surface area contributed by atoms with Crippen molar-refractivity contribution < 1.29 is 9.90 Å². The van der Waals surface area contributed by atoms with E-state index in [0.717, 1.165) is 12.1 Å². The second kappa shape index (κ2) is 4.27. The van der Waals surface area contributed by atoms with E-state index in [-0.39, 0.29) is 12.5 Å². The molecule has 2 N–H and O–H groups in total. The Hall–Kier alpha value is -1.62. The molecule has 0 unspecified atom stereocenters. The van der Waals surface area contributed by atoms with E-state index < -0.39 is 0 Å². The van der Waals surface area contributed by atoms with Gasteiger partial charge in [0, 0.05) is 24.8 Å². The molecule has 0 aliphatic carbocycles. The number of hydrogen-bond donors (Lipinski definition) is 2. The van der Waals surface area contributed by atoms with Crippen molar-refractivity contribution in [3.8, 4) is 0 Å². The SMILES string of the molecule is O=C1CN(c2ncccc2CO)CCN1. The summed E-state index contributed by atoms with van der Waals surface area (Å²) < 4.78 is 0. The number of carbonyl (C=O) groups is 1. The topological polar surface area (TPSA) is 65.5 Å². The lowest BCUT2D eigenvalue weighted by Crippen LogP contribution is -2.48. The highest BCUT2D eigenvalue weighted by Crippen LogP contribution is 2.17. The van der Waals surface area contributed by atoms with E-state index in [9.17, 15) is 4.79 Å². The lowest BCUT2D eigenvalue weighted by atomic mass is 10.2. The van der Waals surface area contributed by atoms with E-state index in [1.807, 2.05) is 11.0 Å². The van der Waals surface area contributed by atoms with Crippen molar-refractivity contribution in [2.45, 2.75) is 6.61 Å². The molecule has 0 spiro atoms. The minimum Gasteiger partial charge on any atom is -0.392 e. The van der Waals surface area contributed by atoms with E-state index >= 15 is 0 Å². The van der Waals surface area contributed by atoms with Crippen LogP contribution in [0, 0.1) is 0 Å². The minimum atomic E-state index is -0.0543. The zero-order valence-electron chi connectivity index (χ0n) is 8.31. The Bertz CT molecular complexity index is 367. The molecule has 1 amide bonds. The van der Waals surface area contributed by atoms with Crippen LogP contribution in [0.1, 0.15) is 5.56 Å². The van der Waals surface area contributed by atoms with Crippen LogP contribution in [0.2, 0.25) is 0 Å². The fourth-order valence-corrected chi connectivity index (χ4v) is 1.66. The third-order valence-corrected chi connectivity index (χ3v) is 2.38. The number of nitrogens with one attached hydrogen (secondary N) is 1. The highest BCUT2D eigenvalue weighted by Gasteiger charge is 2.19. The normalized spacial score (nSPS) is 16.3. The van der Waals surface area contributed by atoms with Gasteiger partial charge in [-0.05, 0) is 6.07 Å². The van der Waals surface area contributed by atoms with Crippen LogP contribution in [-0.2, 0) is 11.4 Å². The van der Waals surface area contributed by atoms with Crippen LogP contribution < -0.4 is 10.2 Å². The summed E-state index contributed by atoms with van der Waals surface area (Å²) in [6, 6.07) is 3.59. The number of carbonyl (C=O) groups excluding carboxylic acids is 1. The summed E-state index contributed by atoms with van der Waals surface area (Å²) in [5.74, 6) is 0.700. The molecule has 1 aliphatic rings. The first-order valence-electron chi connectivity index (χ1n) is 4.87. The lowest BCUT2D eigenvalue weighted by Gasteiger charge is -2.28. The Morgan fingerprint density at radius 1 is 1.60 bits per heavy atom. The zero-order valence-corrected chi connectivity index (χ0v) is 8.31. The summed E-state index contributed by atoms with van der Waals surface area (Å²) in [5.41, 5.74) is 0.757. The monoisotopic (exact) mass is 207 g/mol. The third kappa shape index (κ3) is 2.07. The van der Waals surface area contributed by atoms with Gasteiger partial charge >= 0.3 is 0 Å². The van der Waals surface area contributed by atoms with Crippen molar-refractivity contribution in [2.24, 2.45) is 0 Å². The molecular weight excluding hydrogens is 194 g/mol. The van der Waals surface area contributed by atoms with E-state index in [1.54, 1.807) is 12.3 Å². The maximum atomic E-state index is 11.2. The van der Waals surface area contributed by atoms with Crippen LogP contribution in [0.5, 0.6) is 0 Å². The number of piperazine rings is 1. The molecule has 1 aliphatic heterocycles. The fraction of sp³-hybridized carbons (Fsp3) is 0.400. The molecule has 1 saturated heterocycles. The number of amides is 1. The van der Waals surface area contributed by atoms with Gasteiger partial charge in [-0.2, -0.15) is 0 Å². The van der Waals surface area contributed by atoms with Gasteiger partial charge in [-0.25, -0.2) is 4.98 Å². The Morgan fingerprint density at radius 2 is 2.47 bits per heavy atom. The molecule has 0 aromatic carbocycles. The van der Waals surface area contributed by atoms with Gasteiger partial charge in [0.05, 0.1) is 13.2 Å². The number of anilines is 1. The van der Waals surface area contributed by atoms with Crippen LogP contribution in [-0.4, -0.2) is 35.6 Å². The van der Waals surface area contributed by atoms with Crippen molar-refractivity contribution in [3.63, 3.8) is 0 Å². The van der Waals surface area contributed by atoms with Crippen LogP contribution in [0.25, 0.3) is 0 Å². The average Bonchev–Trinajstić information content (AvgIpc) is 2.29. The molecule has 2 rings (SSSR count).